The Labute approximate surface area is 82.0 Å². The maximum atomic E-state index is 11.9. The molecule has 0 heterocycles. The summed E-state index contributed by atoms with van der Waals surface area (Å²) >= 11 is 3.52. The van der Waals surface area contributed by atoms with E-state index in [1.54, 1.807) is 0 Å². The van der Waals surface area contributed by atoms with Crippen LogP contribution in [0.2, 0.25) is 0 Å². The molecule has 2 fully saturated rings. The normalized spacial score (nSPS) is 50.2. The van der Waals surface area contributed by atoms with Crippen LogP contribution in [0.3, 0.4) is 0 Å². The van der Waals surface area contributed by atoms with Gasteiger partial charge in [0.05, 0.1) is 4.83 Å². The van der Waals surface area contributed by atoms with Crippen molar-refractivity contribution < 1.29 is 4.79 Å². The SMILES string of the molecule is CC1(C)[C@H]2CC[C@]1(C)C(=O)[C@@H]2Br. The van der Waals surface area contributed by atoms with Crippen LogP contribution in [0.15, 0.2) is 0 Å². The van der Waals surface area contributed by atoms with Crippen molar-refractivity contribution in [1.82, 2.24) is 0 Å². The predicted molar refractivity (Wildman–Crippen MR) is 52.3 cm³/mol. The number of ketones is 1. The second-order valence-electron chi connectivity index (χ2n) is 4.96. The zero-order valence-electron chi connectivity index (χ0n) is 7.86. The molecule has 0 aromatic heterocycles. The first-order valence-electron chi connectivity index (χ1n) is 4.59. The van der Waals surface area contributed by atoms with Crippen molar-refractivity contribution >= 4 is 21.7 Å². The van der Waals surface area contributed by atoms with Crippen LogP contribution in [-0.2, 0) is 4.79 Å². The fourth-order valence-corrected chi connectivity index (χ4v) is 4.41. The highest BCUT2D eigenvalue weighted by atomic mass is 79.9. The second-order valence-corrected chi connectivity index (χ2v) is 5.95. The number of fused-ring (bicyclic) bond motifs is 2. The molecule has 68 valence electrons. The first-order chi connectivity index (χ1) is 5.41. The lowest BCUT2D eigenvalue weighted by Gasteiger charge is -2.32. The second kappa shape index (κ2) is 2.14. The number of rotatable bonds is 0. The molecule has 0 saturated heterocycles. The van der Waals surface area contributed by atoms with Crippen LogP contribution in [0.4, 0.5) is 0 Å². The van der Waals surface area contributed by atoms with E-state index in [0.717, 1.165) is 6.42 Å². The summed E-state index contributed by atoms with van der Waals surface area (Å²) in [6.07, 6.45) is 2.30. The van der Waals surface area contributed by atoms with Gasteiger partial charge in [0.2, 0.25) is 0 Å². The number of carbonyl (C=O) groups excluding carboxylic acids is 1. The average molecular weight is 231 g/mol. The Bertz CT molecular complexity index is 246. The van der Waals surface area contributed by atoms with Crippen LogP contribution in [-0.4, -0.2) is 10.6 Å². The Morgan fingerprint density at radius 3 is 2.25 bits per heavy atom. The van der Waals surface area contributed by atoms with Gasteiger partial charge in [0, 0.05) is 5.41 Å². The summed E-state index contributed by atoms with van der Waals surface area (Å²) in [6.45, 7) is 6.62. The van der Waals surface area contributed by atoms with Crippen molar-refractivity contribution in [3.8, 4) is 0 Å². The molecule has 2 aliphatic carbocycles. The fourth-order valence-electron chi connectivity index (χ4n) is 2.98. The number of Topliss-reactive ketones (excluding diaryl/α,β-unsaturated/α-hetero) is 1. The van der Waals surface area contributed by atoms with E-state index in [0.29, 0.717) is 11.7 Å². The minimum Gasteiger partial charge on any atom is -0.298 e. The molecule has 2 rings (SSSR count). The number of alkyl halides is 1. The van der Waals surface area contributed by atoms with Gasteiger partial charge < -0.3 is 0 Å². The standard InChI is InChI=1S/C10H15BrO/c1-9(2)6-4-5-10(9,3)8(12)7(6)11/h6-7H,4-5H2,1-3H3/t6-,7+,10+/m0/s1. The third kappa shape index (κ3) is 0.688. The van der Waals surface area contributed by atoms with Crippen LogP contribution in [0, 0.1) is 16.7 Å². The van der Waals surface area contributed by atoms with E-state index in [4.69, 9.17) is 0 Å². The lowest BCUT2D eigenvalue weighted by molar-refractivity contribution is -0.127. The largest absolute Gasteiger partial charge is 0.298 e. The molecule has 0 radical (unpaired) electrons. The summed E-state index contributed by atoms with van der Waals surface area (Å²) in [4.78, 5) is 12.0. The molecule has 0 spiro atoms. The summed E-state index contributed by atoms with van der Waals surface area (Å²) in [5, 5.41) is 0. The van der Waals surface area contributed by atoms with Gasteiger partial charge in [0.25, 0.3) is 0 Å². The zero-order chi connectivity index (χ0) is 9.15. The molecule has 0 unspecified atom stereocenters. The summed E-state index contributed by atoms with van der Waals surface area (Å²) in [6, 6.07) is 0. The maximum Gasteiger partial charge on any atom is 0.153 e. The Hall–Kier alpha value is 0.150. The first-order valence-corrected chi connectivity index (χ1v) is 5.51. The first kappa shape index (κ1) is 8.74. The van der Waals surface area contributed by atoms with Gasteiger partial charge in [-0.3, -0.25) is 4.79 Å². The minimum absolute atomic E-state index is 0.0498. The lowest BCUT2D eigenvalue weighted by atomic mass is 9.70. The number of carbonyl (C=O) groups is 1. The Morgan fingerprint density at radius 2 is 2.00 bits per heavy atom. The maximum absolute atomic E-state index is 11.9. The zero-order valence-corrected chi connectivity index (χ0v) is 9.44. The molecule has 2 aliphatic rings. The van der Waals surface area contributed by atoms with E-state index in [9.17, 15) is 4.79 Å². The van der Waals surface area contributed by atoms with Crippen LogP contribution >= 0.6 is 15.9 Å². The monoisotopic (exact) mass is 230 g/mol. The smallest absolute Gasteiger partial charge is 0.153 e. The van der Waals surface area contributed by atoms with Crippen molar-refractivity contribution in [2.24, 2.45) is 16.7 Å². The molecular weight excluding hydrogens is 216 g/mol. The highest BCUT2D eigenvalue weighted by Gasteiger charge is 2.65. The van der Waals surface area contributed by atoms with E-state index in [2.05, 4.69) is 36.7 Å². The minimum atomic E-state index is -0.0498. The van der Waals surface area contributed by atoms with E-state index in [1.165, 1.54) is 6.42 Å². The van der Waals surface area contributed by atoms with Crippen molar-refractivity contribution in [3.63, 3.8) is 0 Å². The molecule has 0 aromatic rings. The summed E-state index contributed by atoms with van der Waals surface area (Å²) in [5.41, 5.74) is 0.157. The van der Waals surface area contributed by atoms with Gasteiger partial charge in [-0.15, -0.1) is 0 Å². The highest BCUT2D eigenvalue weighted by Crippen LogP contribution is 2.65. The molecule has 12 heavy (non-hydrogen) atoms. The van der Waals surface area contributed by atoms with E-state index >= 15 is 0 Å². The van der Waals surface area contributed by atoms with E-state index in [1.807, 2.05) is 0 Å². The lowest BCUT2D eigenvalue weighted by Crippen LogP contribution is -2.33. The number of halogens is 1. The van der Waals surface area contributed by atoms with Gasteiger partial charge in [-0.2, -0.15) is 0 Å². The highest BCUT2D eigenvalue weighted by molar-refractivity contribution is 9.10. The Morgan fingerprint density at radius 1 is 1.42 bits per heavy atom. The number of hydrogen-bond acceptors (Lipinski definition) is 1. The van der Waals surface area contributed by atoms with Crippen LogP contribution in [0.1, 0.15) is 33.6 Å². The summed E-state index contributed by atoms with van der Waals surface area (Å²) < 4.78 is 0. The van der Waals surface area contributed by atoms with Gasteiger partial charge in [0.15, 0.2) is 5.78 Å². The Kier molecular flexibility index (Phi) is 1.56. The molecule has 2 heteroatoms. The van der Waals surface area contributed by atoms with Crippen molar-refractivity contribution in [3.05, 3.63) is 0 Å². The van der Waals surface area contributed by atoms with E-state index in [-0.39, 0.29) is 15.7 Å². The molecule has 0 N–H and O–H groups in total. The molecule has 0 aliphatic heterocycles. The fraction of sp³-hybridized carbons (Fsp3) is 0.900. The predicted octanol–water partition coefficient (Wildman–Crippen LogP) is 2.78. The molecule has 2 saturated carbocycles. The van der Waals surface area contributed by atoms with Gasteiger partial charge in [-0.25, -0.2) is 0 Å². The average Bonchev–Trinajstić information content (AvgIpc) is 2.26. The Balaban J connectivity index is 2.50. The molecular formula is C10H15BrO. The van der Waals surface area contributed by atoms with Crippen LogP contribution < -0.4 is 0 Å². The van der Waals surface area contributed by atoms with Gasteiger partial charge in [0.1, 0.15) is 0 Å². The molecule has 0 amide bonds. The third-order valence-electron chi connectivity index (χ3n) is 4.45. The topological polar surface area (TPSA) is 17.1 Å². The molecule has 3 atom stereocenters. The van der Waals surface area contributed by atoms with Crippen molar-refractivity contribution in [2.75, 3.05) is 0 Å². The quantitative estimate of drug-likeness (QED) is 0.586. The van der Waals surface area contributed by atoms with Crippen molar-refractivity contribution in [2.45, 2.75) is 38.4 Å². The van der Waals surface area contributed by atoms with Crippen LogP contribution in [0.25, 0.3) is 0 Å². The van der Waals surface area contributed by atoms with Gasteiger partial charge in [-0.1, -0.05) is 36.7 Å². The van der Waals surface area contributed by atoms with Gasteiger partial charge in [-0.05, 0) is 24.2 Å². The summed E-state index contributed by atoms with van der Waals surface area (Å²) in [7, 11) is 0. The van der Waals surface area contributed by atoms with E-state index < -0.39 is 0 Å². The number of hydrogen-bond donors (Lipinski definition) is 0. The van der Waals surface area contributed by atoms with Gasteiger partial charge >= 0.3 is 0 Å². The molecule has 0 aromatic carbocycles. The summed E-state index contributed by atoms with van der Waals surface area (Å²) in [5.74, 6) is 0.999. The molecule has 2 bridgehead atoms. The third-order valence-corrected chi connectivity index (χ3v) is 5.51. The molecule has 1 nitrogen and oxygen atoms in total. The van der Waals surface area contributed by atoms with Crippen LogP contribution in [0.5, 0.6) is 0 Å². The van der Waals surface area contributed by atoms with Crippen molar-refractivity contribution in [1.29, 1.82) is 0 Å².